The van der Waals surface area contributed by atoms with Crippen molar-refractivity contribution in [2.24, 2.45) is 5.92 Å². The van der Waals surface area contributed by atoms with Gasteiger partial charge >= 0.3 is 0 Å². The van der Waals surface area contributed by atoms with Gasteiger partial charge in [-0.2, -0.15) is 0 Å². The first kappa shape index (κ1) is 21.8. The Balaban J connectivity index is 1.19. The van der Waals surface area contributed by atoms with Crippen LogP contribution in [0.4, 0.5) is 0 Å². The van der Waals surface area contributed by atoms with Gasteiger partial charge < -0.3 is 9.64 Å². The lowest BCUT2D eigenvalue weighted by Gasteiger charge is -2.34. The van der Waals surface area contributed by atoms with E-state index in [1.807, 2.05) is 23.1 Å². The summed E-state index contributed by atoms with van der Waals surface area (Å²) in [5.41, 5.74) is 2.12. The number of aromatic nitrogens is 1. The van der Waals surface area contributed by atoms with Crippen LogP contribution in [0.3, 0.4) is 0 Å². The van der Waals surface area contributed by atoms with Gasteiger partial charge in [-0.1, -0.05) is 50.3 Å². The number of carbonyl (C=O) groups is 1. The fourth-order valence-corrected chi connectivity index (χ4v) is 4.74. The van der Waals surface area contributed by atoms with Crippen molar-refractivity contribution in [3.63, 3.8) is 0 Å². The number of ether oxygens (including phenoxy) is 1. The second-order valence-corrected chi connectivity index (χ2v) is 8.94. The third-order valence-corrected chi connectivity index (χ3v) is 6.61. The van der Waals surface area contributed by atoms with Crippen LogP contribution < -0.4 is 4.74 Å². The highest BCUT2D eigenvalue weighted by molar-refractivity contribution is 5.78. The molecule has 0 atom stereocenters. The minimum absolute atomic E-state index is 0.173. The Kier molecular flexibility index (Phi) is 7.94. The number of amides is 1. The molecule has 5 heteroatoms. The van der Waals surface area contributed by atoms with Crippen LogP contribution in [0, 0.1) is 5.92 Å². The standard InChI is InChI=1S/C26H35N3O2/c30-26(20-24-10-4-5-13-27-24)29-16-14-28(15-17-29)21-23-9-6-11-25(19-23)31-18-12-22-7-2-1-3-8-22/h4-6,9-11,13,19,22H,1-3,7-8,12,14-18,20-21H2. The van der Waals surface area contributed by atoms with E-state index in [0.29, 0.717) is 6.42 Å². The van der Waals surface area contributed by atoms with E-state index < -0.39 is 0 Å². The van der Waals surface area contributed by atoms with Crippen molar-refractivity contribution in [2.45, 2.75) is 51.5 Å². The molecule has 0 radical (unpaired) electrons. The third kappa shape index (κ3) is 6.79. The highest BCUT2D eigenvalue weighted by atomic mass is 16.5. The molecule has 166 valence electrons. The topological polar surface area (TPSA) is 45.7 Å². The van der Waals surface area contributed by atoms with Gasteiger partial charge in [-0.05, 0) is 42.2 Å². The number of carbonyl (C=O) groups excluding carboxylic acids is 1. The van der Waals surface area contributed by atoms with E-state index in [0.717, 1.165) is 56.7 Å². The van der Waals surface area contributed by atoms with Crippen molar-refractivity contribution in [1.29, 1.82) is 0 Å². The van der Waals surface area contributed by atoms with E-state index in [2.05, 4.69) is 34.1 Å². The number of pyridine rings is 1. The Morgan fingerprint density at radius 2 is 1.84 bits per heavy atom. The Labute approximate surface area is 186 Å². The molecular weight excluding hydrogens is 386 g/mol. The fourth-order valence-electron chi connectivity index (χ4n) is 4.74. The van der Waals surface area contributed by atoms with E-state index in [-0.39, 0.29) is 5.91 Å². The van der Waals surface area contributed by atoms with Gasteiger partial charge in [-0.15, -0.1) is 0 Å². The largest absolute Gasteiger partial charge is 0.494 e. The first-order chi connectivity index (χ1) is 15.3. The van der Waals surface area contributed by atoms with E-state index in [1.165, 1.54) is 44.1 Å². The lowest BCUT2D eigenvalue weighted by Crippen LogP contribution is -2.48. The number of rotatable bonds is 8. The van der Waals surface area contributed by atoms with Crippen molar-refractivity contribution in [3.8, 4) is 5.75 Å². The molecule has 1 aromatic carbocycles. The van der Waals surface area contributed by atoms with Crippen molar-refractivity contribution >= 4 is 5.91 Å². The molecule has 1 aliphatic carbocycles. The Hall–Kier alpha value is -2.40. The first-order valence-electron chi connectivity index (χ1n) is 11.9. The summed E-state index contributed by atoms with van der Waals surface area (Å²) in [5, 5.41) is 0. The molecule has 1 aromatic heterocycles. The van der Waals surface area contributed by atoms with Crippen molar-refractivity contribution in [2.75, 3.05) is 32.8 Å². The Morgan fingerprint density at radius 1 is 1.00 bits per heavy atom. The molecule has 1 saturated heterocycles. The maximum absolute atomic E-state index is 12.5. The highest BCUT2D eigenvalue weighted by Crippen LogP contribution is 2.26. The molecule has 0 spiro atoms. The molecule has 2 fully saturated rings. The van der Waals surface area contributed by atoms with Gasteiger partial charge in [0.05, 0.1) is 13.0 Å². The summed E-state index contributed by atoms with van der Waals surface area (Å²) in [4.78, 5) is 21.2. The van der Waals surface area contributed by atoms with Gasteiger partial charge in [0.15, 0.2) is 0 Å². The van der Waals surface area contributed by atoms with Crippen molar-refractivity contribution in [3.05, 3.63) is 59.9 Å². The first-order valence-corrected chi connectivity index (χ1v) is 11.9. The summed E-state index contributed by atoms with van der Waals surface area (Å²) in [6.45, 7) is 5.10. The molecule has 2 heterocycles. The van der Waals surface area contributed by atoms with Gasteiger partial charge in [0.25, 0.3) is 0 Å². The second kappa shape index (κ2) is 11.3. The predicted octanol–water partition coefficient (Wildman–Crippen LogP) is 4.32. The summed E-state index contributed by atoms with van der Waals surface area (Å²) in [6.07, 6.45) is 10.3. The minimum atomic E-state index is 0.173. The number of hydrogen-bond donors (Lipinski definition) is 0. The van der Waals surface area contributed by atoms with Gasteiger partial charge in [0.1, 0.15) is 5.75 Å². The van der Waals surface area contributed by atoms with Gasteiger partial charge in [0.2, 0.25) is 5.91 Å². The predicted molar refractivity (Wildman–Crippen MR) is 123 cm³/mol. The average molecular weight is 422 g/mol. The molecule has 0 bridgehead atoms. The van der Waals surface area contributed by atoms with Crippen molar-refractivity contribution < 1.29 is 9.53 Å². The van der Waals surface area contributed by atoms with Gasteiger partial charge in [-0.3, -0.25) is 14.7 Å². The Bertz CT molecular complexity index is 812. The molecular formula is C26H35N3O2. The summed E-state index contributed by atoms with van der Waals surface area (Å²) in [7, 11) is 0. The van der Waals surface area contributed by atoms with Crippen LogP contribution in [0.1, 0.15) is 49.8 Å². The molecule has 1 saturated carbocycles. The van der Waals surface area contributed by atoms with Crippen LogP contribution in [0.2, 0.25) is 0 Å². The molecule has 4 rings (SSSR count). The molecule has 1 aliphatic heterocycles. The van der Waals surface area contributed by atoms with Crippen LogP contribution in [-0.2, 0) is 17.8 Å². The minimum Gasteiger partial charge on any atom is -0.494 e. The van der Waals surface area contributed by atoms with Gasteiger partial charge in [0, 0.05) is 44.6 Å². The van der Waals surface area contributed by atoms with E-state index in [1.54, 1.807) is 6.20 Å². The maximum Gasteiger partial charge on any atom is 0.228 e. The molecule has 1 amide bonds. The lowest BCUT2D eigenvalue weighted by molar-refractivity contribution is -0.132. The zero-order valence-corrected chi connectivity index (χ0v) is 18.5. The summed E-state index contributed by atoms with van der Waals surface area (Å²) < 4.78 is 6.07. The quantitative estimate of drug-likeness (QED) is 0.637. The zero-order valence-electron chi connectivity index (χ0n) is 18.5. The molecule has 31 heavy (non-hydrogen) atoms. The average Bonchev–Trinajstić information content (AvgIpc) is 2.81. The second-order valence-electron chi connectivity index (χ2n) is 8.94. The van der Waals surface area contributed by atoms with Crippen LogP contribution in [-0.4, -0.2) is 53.5 Å². The number of benzene rings is 1. The SMILES string of the molecule is O=C(Cc1ccccn1)N1CCN(Cc2cccc(OCCC3CCCCC3)c2)CC1. The zero-order chi connectivity index (χ0) is 21.3. The van der Waals surface area contributed by atoms with Crippen LogP contribution in [0.5, 0.6) is 5.75 Å². The maximum atomic E-state index is 12.5. The van der Waals surface area contributed by atoms with E-state index in [4.69, 9.17) is 4.74 Å². The normalized spacial score (nSPS) is 18.1. The van der Waals surface area contributed by atoms with E-state index >= 15 is 0 Å². The van der Waals surface area contributed by atoms with Crippen LogP contribution in [0.25, 0.3) is 0 Å². The van der Waals surface area contributed by atoms with Gasteiger partial charge in [-0.25, -0.2) is 0 Å². The Morgan fingerprint density at radius 3 is 2.61 bits per heavy atom. The summed E-state index contributed by atoms with van der Waals surface area (Å²) >= 11 is 0. The highest BCUT2D eigenvalue weighted by Gasteiger charge is 2.21. The summed E-state index contributed by atoms with van der Waals surface area (Å²) in [6, 6.07) is 14.2. The molecule has 2 aromatic rings. The molecule has 2 aliphatic rings. The molecule has 5 nitrogen and oxygen atoms in total. The fraction of sp³-hybridized carbons (Fsp3) is 0.538. The monoisotopic (exact) mass is 421 g/mol. The number of piperazine rings is 1. The smallest absolute Gasteiger partial charge is 0.228 e. The van der Waals surface area contributed by atoms with Crippen LogP contribution in [0.15, 0.2) is 48.7 Å². The van der Waals surface area contributed by atoms with Crippen molar-refractivity contribution in [1.82, 2.24) is 14.8 Å². The lowest BCUT2D eigenvalue weighted by atomic mass is 9.87. The van der Waals surface area contributed by atoms with Crippen LogP contribution >= 0.6 is 0 Å². The third-order valence-electron chi connectivity index (χ3n) is 6.61. The number of nitrogens with zero attached hydrogens (tertiary/aromatic N) is 3. The molecule has 0 unspecified atom stereocenters. The molecule has 0 N–H and O–H groups in total. The summed E-state index contributed by atoms with van der Waals surface area (Å²) in [5.74, 6) is 2.01. The number of hydrogen-bond acceptors (Lipinski definition) is 4. The van der Waals surface area contributed by atoms with E-state index in [9.17, 15) is 4.79 Å².